The van der Waals surface area contributed by atoms with Gasteiger partial charge in [0.15, 0.2) is 0 Å². The molecule has 0 aliphatic heterocycles. The maximum atomic E-state index is 12.5. The van der Waals surface area contributed by atoms with E-state index in [4.69, 9.17) is 4.42 Å². The van der Waals surface area contributed by atoms with Gasteiger partial charge in [0, 0.05) is 5.56 Å². The van der Waals surface area contributed by atoms with Gasteiger partial charge in [0.05, 0.1) is 5.56 Å². The van der Waals surface area contributed by atoms with Crippen LogP contribution in [-0.2, 0) is 0 Å². The molecule has 0 N–H and O–H groups in total. The van der Waals surface area contributed by atoms with E-state index in [1.54, 1.807) is 18.2 Å². The number of benzene rings is 1. The van der Waals surface area contributed by atoms with Crippen molar-refractivity contribution >= 4 is 6.04 Å². The summed E-state index contributed by atoms with van der Waals surface area (Å²) in [5.41, 5.74) is 0.744. The molecule has 0 aliphatic carbocycles. The molecular formula is C12H9FO2. The molecule has 0 unspecified atom stereocenters. The molecule has 1 aromatic carbocycles. The Bertz CT molecular complexity index is 500. The summed E-state index contributed by atoms with van der Waals surface area (Å²) < 4.78 is 17.8. The first kappa shape index (κ1) is 9.65. The molecule has 0 saturated carbocycles. The van der Waals surface area contributed by atoms with Gasteiger partial charge >= 0.3 is 6.04 Å². The van der Waals surface area contributed by atoms with E-state index >= 15 is 0 Å². The molecular weight excluding hydrogens is 195 g/mol. The van der Waals surface area contributed by atoms with E-state index in [1.165, 1.54) is 12.1 Å². The Balaban J connectivity index is 2.45. The number of halogens is 1. The Labute approximate surface area is 86.3 Å². The van der Waals surface area contributed by atoms with E-state index in [2.05, 4.69) is 0 Å². The quantitative estimate of drug-likeness (QED) is 0.702. The highest BCUT2D eigenvalue weighted by Crippen LogP contribution is 2.22. The molecule has 3 heteroatoms. The zero-order valence-electron chi connectivity index (χ0n) is 8.16. The SMILES string of the molecule is Cc1ccc(-c2cccc(C(=O)F)c2)o1. The lowest BCUT2D eigenvalue weighted by molar-refractivity contribution is 0.0836. The number of rotatable bonds is 2. The topological polar surface area (TPSA) is 30.2 Å². The molecule has 76 valence electrons. The maximum absolute atomic E-state index is 12.5. The largest absolute Gasteiger partial charge is 0.461 e. The Morgan fingerprint density at radius 1 is 1.27 bits per heavy atom. The van der Waals surface area contributed by atoms with Gasteiger partial charge < -0.3 is 4.42 Å². The van der Waals surface area contributed by atoms with Crippen LogP contribution in [0.3, 0.4) is 0 Å². The Morgan fingerprint density at radius 2 is 2.07 bits per heavy atom. The lowest BCUT2D eigenvalue weighted by atomic mass is 10.1. The Hall–Kier alpha value is -1.90. The molecule has 0 saturated heterocycles. The fourth-order valence-corrected chi connectivity index (χ4v) is 1.38. The molecule has 0 amide bonds. The van der Waals surface area contributed by atoms with Crippen molar-refractivity contribution in [2.45, 2.75) is 6.92 Å². The van der Waals surface area contributed by atoms with Crippen molar-refractivity contribution in [3.63, 3.8) is 0 Å². The Morgan fingerprint density at radius 3 is 2.67 bits per heavy atom. The lowest BCUT2D eigenvalue weighted by Crippen LogP contribution is -1.89. The van der Waals surface area contributed by atoms with Gasteiger partial charge in [-0.2, -0.15) is 4.39 Å². The van der Waals surface area contributed by atoms with Crippen LogP contribution >= 0.6 is 0 Å². The van der Waals surface area contributed by atoms with Crippen LogP contribution in [0.1, 0.15) is 16.1 Å². The van der Waals surface area contributed by atoms with Crippen LogP contribution in [-0.4, -0.2) is 6.04 Å². The number of carbonyl (C=O) groups excluding carboxylic acids is 1. The van der Waals surface area contributed by atoms with Gasteiger partial charge in [-0.3, -0.25) is 4.79 Å². The molecule has 2 aromatic rings. The molecule has 0 radical (unpaired) electrons. The summed E-state index contributed by atoms with van der Waals surface area (Å²) in [5.74, 6) is 1.41. The van der Waals surface area contributed by atoms with Gasteiger partial charge in [-0.1, -0.05) is 12.1 Å². The van der Waals surface area contributed by atoms with Crippen LogP contribution in [0.4, 0.5) is 4.39 Å². The molecule has 1 heterocycles. The van der Waals surface area contributed by atoms with E-state index in [-0.39, 0.29) is 5.56 Å². The minimum Gasteiger partial charge on any atom is -0.461 e. The lowest BCUT2D eigenvalue weighted by Gasteiger charge is -1.98. The number of carbonyl (C=O) groups is 1. The molecule has 2 nitrogen and oxygen atoms in total. The first-order chi connectivity index (χ1) is 7.16. The highest BCUT2D eigenvalue weighted by atomic mass is 19.1. The summed E-state index contributed by atoms with van der Waals surface area (Å²) in [4.78, 5) is 10.5. The van der Waals surface area contributed by atoms with Gasteiger partial charge in [0.1, 0.15) is 11.5 Å². The van der Waals surface area contributed by atoms with E-state index in [1.807, 2.05) is 13.0 Å². The first-order valence-electron chi connectivity index (χ1n) is 4.53. The summed E-state index contributed by atoms with van der Waals surface area (Å²) in [6, 6.07) is 8.48. The molecule has 0 spiro atoms. The summed E-state index contributed by atoms with van der Waals surface area (Å²) in [6.45, 7) is 1.83. The standard InChI is InChI=1S/C12H9FO2/c1-8-5-6-11(15-8)9-3-2-4-10(7-9)12(13)14/h2-7H,1H3. The van der Waals surface area contributed by atoms with Crippen LogP contribution in [0.2, 0.25) is 0 Å². The summed E-state index contributed by atoms with van der Waals surface area (Å²) in [7, 11) is 0. The van der Waals surface area contributed by atoms with Crippen LogP contribution < -0.4 is 0 Å². The number of hydrogen-bond donors (Lipinski definition) is 0. The van der Waals surface area contributed by atoms with Gasteiger partial charge in [0.25, 0.3) is 0 Å². The van der Waals surface area contributed by atoms with Crippen LogP contribution in [0, 0.1) is 6.92 Å². The minimum absolute atomic E-state index is 0.0431. The minimum atomic E-state index is -1.43. The predicted molar refractivity (Wildman–Crippen MR) is 54.3 cm³/mol. The molecule has 0 fully saturated rings. The molecule has 2 rings (SSSR count). The van der Waals surface area contributed by atoms with Crippen molar-refractivity contribution in [1.29, 1.82) is 0 Å². The predicted octanol–water partition coefficient (Wildman–Crippen LogP) is 3.36. The van der Waals surface area contributed by atoms with Crippen LogP contribution in [0.5, 0.6) is 0 Å². The Kier molecular flexibility index (Phi) is 2.37. The van der Waals surface area contributed by atoms with Crippen LogP contribution in [0.15, 0.2) is 40.8 Å². The second kappa shape index (κ2) is 3.69. The zero-order valence-corrected chi connectivity index (χ0v) is 8.16. The third-order valence-corrected chi connectivity index (χ3v) is 2.11. The fourth-order valence-electron chi connectivity index (χ4n) is 1.38. The average Bonchev–Trinajstić information content (AvgIpc) is 2.65. The molecule has 0 aliphatic rings. The van der Waals surface area contributed by atoms with Crippen molar-refractivity contribution in [2.75, 3.05) is 0 Å². The third-order valence-electron chi connectivity index (χ3n) is 2.11. The summed E-state index contributed by atoms with van der Waals surface area (Å²) >= 11 is 0. The average molecular weight is 204 g/mol. The van der Waals surface area contributed by atoms with Gasteiger partial charge in [-0.15, -0.1) is 0 Å². The van der Waals surface area contributed by atoms with Gasteiger partial charge in [-0.05, 0) is 31.2 Å². The van der Waals surface area contributed by atoms with E-state index in [0.29, 0.717) is 11.3 Å². The smallest absolute Gasteiger partial charge is 0.332 e. The second-order valence-electron chi connectivity index (χ2n) is 3.26. The molecule has 0 bridgehead atoms. The monoisotopic (exact) mass is 204 g/mol. The van der Waals surface area contributed by atoms with E-state index in [0.717, 1.165) is 5.76 Å². The number of hydrogen-bond acceptors (Lipinski definition) is 2. The molecule has 1 aromatic heterocycles. The third kappa shape index (κ3) is 1.96. The maximum Gasteiger partial charge on any atom is 0.332 e. The van der Waals surface area contributed by atoms with E-state index < -0.39 is 6.04 Å². The van der Waals surface area contributed by atoms with Crippen LogP contribution in [0.25, 0.3) is 11.3 Å². The van der Waals surface area contributed by atoms with Crippen molar-refractivity contribution in [1.82, 2.24) is 0 Å². The first-order valence-corrected chi connectivity index (χ1v) is 4.53. The molecule has 0 atom stereocenters. The summed E-state index contributed by atoms with van der Waals surface area (Å²) in [6.07, 6.45) is 0. The van der Waals surface area contributed by atoms with Crippen molar-refractivity contribution < 1.29 is 13.6 Å². The second-order valence-corrected chi connectivity index (χ2v) is 3.26. The molecule has 15 heavy (non-hydrogen) atoms. The fraction of sp³-hybridized carbons (Fsp3) is 0.0833. The van der Waals surface area contributed by atoms with E-state index in [9.17, 15) is 9.18 Å². The number of aryl methyl sites for hydroxylation is 1. The van der Waals surface area contributed by atoms with Crippen molar-refractivity contribution in [2.24, 2.45) is 0 Å². The summed E-state index contributed by atoms with van der Waals surface area (Å²) in [5, 5.41) is 0. The normalized spacial score (nSPS) is 10.3. The van der Waals surface area contributed by atoms with Gasteiger partial charge in [-0.25, -0.2) is 0 Å². The highest BCUT2D eigenvalue weighted by Gasteiger charge is 2.07. The van der Waals surface area contributed by atoms with Crippen molar-refractivity contribution in [3.8, 4) is 11.3 Å². The number of furan rings is 1. The van der Waals surface area contributed by atoms with Gasteiger partial charge in [0.2, 0.25) is 0 Å². The van der Waals surface area contributed by atoms with Crippen molar-refractivity contribution in [3.05, 3.63) is 47.7 Å². The zero-order chi connectivity index (χ0) is 10.8. The highest BCUT2D eigenvalue weighted by molar-refractivity contribution is 5.89.